The van der Waals surface area contributed by atoms with E-state index in [1.54, 1.807) is 6.92 Å². The molecule has 0 aromatic rings. The Balaban J connectivity index is 2.41. The summed E-state index contributed by atoms with van der Waals surface area (Å²) in [6.07, 6.45) is 2.03. The predicted octanol–water partition coefficient (Wildman–Crippen LogP) is -0.180. The number of hydrogen-bond acceptors (Lipinski definition) is 3. The van der Waals surface area contributed by atoms with Crippen LogP contribution in [0.15, 0.2) is 0 Å². The number of rotatable bonds is 5. The molecule has 0 aliphatic carbocycles. The first-order valence-corrected chi connectivity index (χ1v) is 6.91. The lowest BCUT2D eigenvalue weighted by molar-refractivity contribution is 0.232. The third-order valence-electron chi connectivity index (χ3n) is 2.83. The average molecular weight is 235 g/mol. The molecule has 0 amide bonds. The van der Waals surface area contributed by atoms with Crippen LogP contribution in [0.25, 0.3) is 0 Å². The van der Waals surface area contributed by atoms with Crippen molar-refractivity contribution >= 4 is 10.2 Å². The van der Waals surface area contributed by atoms with Crippen LogP contribution in [-0.4, -0.2) is 34.6 Å². The Labute approximate surface area is 92.2 Å². The smallest absolute Gasteiger partial charge is 0.276 e. The van der Waals surface area contributed by atoms with Crippen molar-refractivity contribution < 1.29 is 8.42 Å². The largest absolute Gasteiger partial charge is 0.317 e. The van der Waals surface area contributed by atoms with Gasteiger partial charge < -0.3 is 5.32 Å². The van der Waals surface area contributed by atoms with Gasteiger partial charge in [-0.05, 0) is 31.3 Å². The van der Waals surface area contributed by atoms with E-state index in [4.69, 9.17) is 0 Å². The van der Waals surface area contributed by atoms with E-state index in [1.165, 1.54) is 0 Å². The molecule has 15 heavy (non-hydrogen) atoms. The molecule has 0 radical (unpaired) electrons. The van der Waals surface area contributed by atoms with Crippen molar-refractivity contribution in [3.63, 3.8) is 0 Å². The van der Waals surface area contributed by atoms with Crippen molar-refractivity contribution in [2.45, 2.75) is 26.7 Å². The molecule has 6 heteroatoms. The Morgan fingerprint density at radius 3 is 2.40 bits per heavy atom. The van der Waals surface area contributed by atoms with Crippen molar-refractivity contribution in [3.8, 4) is 0 Å². The SMILES string of the molecule is CCNS(=O)(=O)NCC1(C)CCNCC1. The van der Waals surface area contributed by atoms with E-state index in [0.29, 0.717) is 13.1 Å². The number of nitrogens with one attached hydrogen (secondary N) is 3. The maximum absolute atomic E-state index is 11.4. The monoisotopic (exact) mass is 235 g/mol. The summed E-state index contributed by atoms with van der Waals surface area (Å²) in [4.78, 5) is 0. The van der Waals surface area contributed by atoms with Gasteiger partial charge in [0.1, 0.15) is 0 Å². The Morgan fingerprint density at radius 1 is 1.27 bits per heavy atom. The van der Waals surface area contributed by atoms with E-state index in [0.717, 1.165) is 25.9 Å². The first-order valence-electron chi connectivity index (χ1n) is 5.42. The lowest BCUT2D eigenvalue weighted by Gasteiger charge is -2.33. The molecule has 1 heterocycles. The highest BCUT2D eigenvalue weighted by Gasteiger charge is 2.27. The minimum Gasteiger partial charge on any atom is -0.317 e. The molecule has 1 rings (SSSR count). The highest BCUT2D eigenvalue weighted by molar-refractivity contribution is 7.87. The Hall–Kier alpha value is -0.170. The fraction of sp³-hybridized carbons (Fsp3) is 1.00. The van der Waals surface area contributed by atoms with Crippen molar-refractivity contribution in [2.75, 3.05) is 26.2 Å². The van der Waals surface area contributed by atoms with Crippen LogP contribution in [0.3, 0.4) is 0 Å². The van der Waals surface area contributed by atoms with Crippen LogP contribution in [0.1, 0.15) is 26.7 Å². The van der Waals surface area contributed by atoms with Gasteiger partial charge in [-0.1, -0.05) is 13.8 Å². The molecule has 1 saturated heterocycles. The lowest BCUT2D eigenvalue weighted by atomic mass is 9.81. The second-order valence-electron chi connectivity index (χ2n) is 4.38. The molecule has 1 fully saturated rings. The second-order valence-corrected chi connectivity index (χ2v) is 5.97. The normalized spacial score (nSPS) is 21.5. The van der Waals surface area contributed by atoms with E-state index in [2.05, 4.69) is 21.7 Å². The molecular formula is C9H21N3O2S. The third kappa shape index (κ3) is 4.46. The minimum atomic E-state index is -3.29. The minimum absolute atomic E-state index is 0.0910. The van der Waals surface area contributed by atoms with Gasteiger partial charge in [0, 0.05) is 13.1 Å². The summed E-state index contributed by atoms with van der Waals surface area (Å²) < 4.78 is 27.8. The molecule has 0 saturated carbocycles. The first-order chi connectivity index (χ1) is 6.97. The van der Waals surface area contributed by atoms with Gasteiger partial charge in [0.2, 0.25) is 0 Å². The predicted molar refractivity (Wildman–Crippen MR) is 60.8 cm³/mol. The molecule has 0 aromatic heterocycles. The van der Waals surface area contributed by atoms with Crippen LogP contribution in [0.4, 0.5) is 0 Å². The summed E-state index contributed by atoms with van der Waals surface area (Å²) in [6, 6.07) is 0. The molecule has 0 spiro atoms. The molecular weight excluding hydrogens is 214 g/mol. The Bertz CT molecular complexity index is 284. The Kier molecular flexibility index (Phi) is 4.51. The van der Waals surface area contributed by atoms with Crippen LogP contribution in [0, 0.1) is 5.41 Å². The number of piperidine rings is 1. The summed E-state index contributed by atoms with van der Waals surface area (Å²) in [6.45, 7) is 6.78. The van der Waals surface area contributed by atoms with Crippen molar-refractivity contribution in [2.24, 2.45) is 5.41 Å². The van der Waals surface area contributed by atoms with Crippen LogP contribution in [0.2, 0.25) is 0 Å². The zero-order valence-electron chi connectivity index (χ0n) is 9.47. The fourth-order valence-electron chi connectivity index (χ4n) is 1.72. The van der Waals surface area contributed by atoms with Gasteiger partial charge in [-0.2, -0.15) is 8.42 Å². The maximum Gasteiger partial charge on any atom is 0.276 e. The zero-order valence-corrected chi connectivity index (χ0v) is 10.3. The zero-order chi connectivity index (χ0) is 11.4. The summed E-state index contributed by atoms with van der Waals surface area (Å²) in [5.74, 6) is 0. The van der Waals surface area contributed by atoms with Gasteiger partial charge in [-0.3, -0.25) is 0 Å². The highest BCUT2D eigenvalue weighted by Crippen LogP contribution is 2.26. The van der Waals surface area contributed by atoms with Crippen LogP contribution in [-0.2, 0) is 10.2 Å². The van der Waals surface area contributed by atoms with Gasteiger partial charge >= 0.3 is 0 Å². The summed E-state index contributed by atoms with van der Waals surface area (Å²) >= 11 is 0. The summed E-state index contributed by atoms with van der Waals surface area (Å²) in [5, 5.41) is 3.27. The summed E-state index contributed by atoms with van der Waals surface area (Å²) in [5.41, 5.74) is 0.0910. The van der Waals surface area contributed by atoms with Crippen molar-refractivity contribution in [1.82, 2.24) is 14.8 Å². The number of hydrogen-bond donors (Lipinski definition) is 3. The first kappa shape index (κ1) is 12.9. The van der Waals surface area contributed by atoms with Crippen molar-refractivity contribution in [1.29, 1.82) is 0 Å². The fourth-order valence-corrected chi connectivity index (χ4v) is 2.74. The van der Waals surface area contributed by atoms with Crippen LogP contribution in [0.5, 0.6) is 0 Å². The van der Waals surface area contributed by atoms with E-state index >= 15 is 0 Å². The lowest BCUT2D eigenvalue weighted by Crippen LogP contribution is -2.45. The van der Waals surface area contributed by atoms with Gasteiger partial charge in [-0.25, -0.2) is 9.44 Å². The standard InChI is InChI=1S/C9H21N3O2S/c1-3-11-15(13,14)12-8-9(2)4-6-10-7-5-9/h10-12H,3-8H2,1-2H3. The molecule has 1 aliphatic heterocycles. The van der Waals surface area contributed by atoms with Crippen LogP contribution < -0.4 is 14.8 Å². The molecule has 0 unspecified atom stereocenters. The van der Waals surface area contributed by atoms with Gasteiger partial charge in [-0.15, -0.1) is 0 Å². The maximum atomic E-state index is 11.4. The summed E-state index contributed by atoms with van der Waals surface area (Å²) in [7, 11) is -3.29. The topological polar surface area (TPSA) is 70.2 Å². The molecule has 1 aliphatic rings. The van der Waals surface area contributed by atoms with Gasteiger partial charge in [0.25, 0.3) is 10.2 Å². The second kappa shape index (κ2) is 5.25. The molecule has 5 nitrogen and oxygen atoms in total. The highest BCUT2D eigenvalue weighted by atomic mass is 32.2. The van der Waals surface area contributed by atoms with Crippen LogP contribution >= 0.6 is 0 Å². The molecule has 0 atom stereocenters. The molecule has 3 N–H and O–H groups in total. The third-order valence-corrected chi connectivity index (χ3v) is 4.03. The van der Waals surface area contributed by atoms with E-state index in [1.807, 2.05) is 0 Å². The Morgan fingerprint density at radius 2 is 1.87 bits per heavy atom. The van der Waals surface area contributed by atoms with Gasteiger partial charge in [0.05, 0.1) is 0 Å². The van der Waals surface area contributed by atoms with E-state index < -0.39 is 10.2 Å². The molecule has 0 aromatic carbocycles. The van der Waals surface area contributed by atoms with Crippen molar-refractivity contribution in [3.05, 3.63) is 0 Å². The molecule has 0 bridgehead atoms. The van der Waals surface area contributed by atoms with E-state index in [-0.39, 0.29) is 5.41 Å². The van der Waals surface area contributed by atoms with Gasteiger partial charge in [0.15, 0.2) is 0 Å². The molecule has 90 valence electrons. The average Bonchev–Trinajstić information content (AvgIpc) is 2.17. The van der Waals surface area contributed by atoms with E-state index in [9.17, 15) is 8.42 Å². The quantitative estimate of drug-likeness (QED) is 0.619.